The number of aryl methyl sites for hydroxylation is 1. The van der Waals surface area contributed by atoms with Crippen LogP contribution >= 0.6 is 0 Å². The lowest BCUT2D eigenvalue weighted by Crippen LogP contribution is -2.22. The Morgan fingerprint density at radius 3 is 3.10 bits per heavy atom. The van der Waals surface area contributed by atoms with E-state index in [0.717, 1.165) is 38.9 Å². The van der Waals surface area contributed by atoms with Gasteiger partial charge in [-0.25, -0.2) is 0 Å². The van der Waals surface area contributed by atoms with Crippen molar-refractivity contribution in [2.24, 2.45) is 0 Å². The van der Waals surface area contributed by atoms with Gasteiger partial charge in [-0.1, -0.05) is 18.2 Å². The minimum absolute atomic E-state index is 0.0515. The molecule has 1 N–H and O–H groups in total. The van der Waals surface area contributed by atoms with E-state index in [1.807, 2.05) is 6.20 Å². The molecular weight excluding hydrogens is 250 g/mol. The second-order valence-electron chi connectivity index (χ2n) is 5.48. The number of benzene rings is 1. The molecule has 1 fully saturated rings. The molecule has 0 unspecified atom stereocenters. The predicted molar refractivity (Wildman–Crippen MR) is 80.8 cm³/mol. The third-order valence-corrected chi connectivity index (χ3v) is 3.96. The van der Waals surface area contributed by atoms with Crippen molar-refractivity contribution in [2.75, 3.05) is 13.2 Å². The van der Waals surface area contributed by atoms with Gasteiger partial charge in [-0.3, -0.25) is 0 Å². The minimum Gasteiger partial charge on any atom is -0.361 e. The van der Waals surface area contributed by atoms with E-state index in [9.17, 15) is 0 Å². The Balaban J connectivity index is 1.40. The van der Waals surface area contributed by atoms with E-state index in [0.29, 0.717) is 0 Å². The van der Waals surface area contributed by atoms with Gasteiger partial charge >= 0.3 is 0 Å². The third-order valence-electron chi connectivity index (χ3n) is 3.96. The van der Waals surface area contributed by atoms with E-state index in [4.69, 9.17) is 9.47 Å². The van der Waals surface area contributed by atoms with Gasteiger partial charge in [0, 0.05) is 24.9 Å². The number of fused-ring (bicyclic) bond motifs is 1. The Morgan fingerprint density at radius 2 is 2.20 bits per heavy atom. The van der Waals surface area contributed by atoms with Crippen LogP contribution < -0.4 is 0 Å². The normalized spacial score (nSPS) is 19.5. The first-order valence-corrected chi connectivity index (χ1v) is 7.72. The Labute approximate surface area is 120 Å². The van der Waals surface area contributed by atoms with Crippen LogP contribution in [0.4, 0.5) is 0 Å². The molecule has 0 spiro atoms. The lowest BCUT2D eigenvalue weighted by molar-refractivity contribution is -0.162. The molecule has 1 aliphatic heterocycles. The number of rotatable bonds is 6. The van der Waals surface area contributed by atoms with Gasteiger partial charge in [0.15, 0.2) is 6.29 Å². The van der Waals surface area contributed by atoms with E-state index in [2.05, 4.69) is 29.2 Å². The first-order chi connectivity index (χ1) is 9.93. The maximum Gasteiger partial charge on any atom is 0.157 e. The van der Waals surface area contributed by atoms with Crippen LogP contribution in [0.1, 0.15) is 37.7 Å². The summed E-state index contributed by atoms with van der Waals surface area (Å²) in [4.78, 5) is 3.33. The third kappa shape index (κ3) is 3.41. The molecule has 108 valence electrons. The van der Waals surface area contributed by atoms with Crippen LogP contribution in [0.5, 0.6) is 0 Å². The molecule has 1 saturated heterocycles. The average molecular weight is 273 g/mol. The summed E-state index contributed by atoms with van der Waals surface area (Å²) in [5, 5.41) is 1.30. The highest BCUT2D eigenvalue weighted by molar-refractivity contribution is 5.82. The predicted octanol–water partition coefficient (Wildman–Crippen LogP) is 4.03. The van der Waals surface area contributed by atoms with E-state index in [-0.39, 0.29) is 6.29 Å². The number of H-pyrrole nitrogens is 1. The summed E-state index contributed by atoms with van der Waals surface area (Å²) in [6, 6.07) is 8.63. The van der Waals surface area contributed by atoms with Gasteiger partial charge in [-0.15, -0.1) is 0 Å². The van der Waals surface area contributed by atoms with Crippen LogP contribution in [0.25, 0.3) is 10.9 Å². The first-order valence-electron chi connectivity index (χ1n) is 7.72. The van der Waals surface area contributed by atoms with Gasteiger partial charge < -0.3 is 14.5 Å². The maximum absolute atomic E-state index is 5.76. The molecule has 3 heteroatoms. The van der Waals surface area contributed by atoms with Gasteiger partial charge in [0.1, 0.15) is 0 Å². The van der Waals surface area contributed by atoms with Crippen LogP contribution in [0.15, 0.2) is 30.5 Å². The lowest BCUT2D eigenvalue weighted by atomic mass is 10.1. The van der Waals surface area contributed by atoms with Crippen LogP contribution in [-0.2, 0) is 15.9 Å². The summed E-state index contributed by atoms with van der Waals surface area (Å²) in [5.74, 6) is 0. The minimum atomic E-state index is 0.0515. The zero-order valence-electron chi connectivity index (χ0n) is 11.9. The van der Waals surface area contributed by atoms with Crippen LogP contribution in [0.2, 0.25) is 0 Å². The topological polar surface area (TPSA) is 34.2 Å². The molecule has 3 rings (SSSR count). The highest BCUT2D eigenvalue weighted by atomic mass is 16.7. The second-order valence-corrected chi connectivity index (χ2v) is 5.48. The zero-order valence-corrected chi connectivity index (χ0v) is 11.9. The van der Waals surface area contributed by atoms with Crippen molar-refractivity contribution in [3.8, 4) is 0 Å². The highest BCUT2D eigenvalue weighted by Crippen LogP contribution is 2.19. The van der Waals surface area contributed by atoms with Crippen LogP contribution in [0, 0.1) is 0 Å². The highest BCUT2D eigenvalue weighted by Gasteiger charge is 2.13. The number of aromatic nitrogens is 1. The SMILES string of the molecule is c1cc(CCCCO[C@H]2CCCCO2)c2[nH]ccc2c1. The van der Waals surface area contributed by atoms with E-state index in [1.54, 1.807) is 0 Å². The van der Waals surface area contributed by atoms with Crippen molar-refractivity contribution in [1.82, 2.24) is 4.98 Å². The summed E-state index contributed by atoms with van der Waals surface area (Å²) < 4.78 is 11.3. The number of aromatic amines is 1. The molecule has 2 aromatic rings. The largest absolute Gasteiger partial charge is 0.361 e. The van der Waals surface area contributed by atoms with E-state index < -0.39 is 0 Å². The lowest BCUT2D eigenvalue weighted by Gasteiger charge is -2.22. The quantitative estimate of drug-likeness (QED) is 0.806. The van der Waals surface area contributed by atoms with Gasteiger partial charge in [0.05, 0.1) is 0 Å². The van der Waals surface area contributed by atoms with Crippen LogP contribution in [-0.4, -0.2) is 24.5 Å². The fourth-order valence-electron chi connectivity index (χ4n) is 2.83. The van der Waals surface area contributed by atoms with Gasteiger partial charge in [-0.05, 0) is 55.5 Å². The summed E-state index contributed by atoms with van der Waals surface area (Å²) >= 11 is 0. The zero-order chi connectivity index (χ0) is 13.6. The van der Waals surface area contributed by atoms with Gasteiger partial charge in [-0.2, -0.15) is 0 Å². The van der Waals surface area contributed by atoms with Crippen molar-refractivity contribution in [3.05, 3.63) is 36.0 Å². The molecular formula is C17H23NO2. The Hall–Kier alpha value is -1.32. The monoisotopic (exact) mass is 273 g/mol. The molecule has 1 aliphatic rings. The Morgan fingerprint density at radius 1 is 1.20 bits per heavy atom. The smallest absolute Gasteiger partial charge is 0.157 e. The number of unbranched alkanes of at least 4 members (excludes halogenated alkanes) is 1. The fourth-order valence-corrected chi connectivity index (χ4v) is 2.83. The molecule has 0 saturated carbocycles. The summed E-state index contributed by atoms with van der Waals surface area (Å²) in [6.45, 7) is 1.67. The number of hydrogen-bond donors (Lipinski definition) is 1. The van der Waals surface area contributed by atoms with E-state index >= 15 is 0 Å². The van der Waals surface area contributed by atoms with Crippen molar-refractivity contribution in [1.29, 1.82) is 0 Å². The van der Waals surface area contributed by atoms with Crippen LogP contribution in [0.3, 0.4) is 0 Å². The summed E-state index contributed by atoms with van der Waals surface area (Å²) in [7, 11) is 0. The Bertz CT molecular complexity index is 529. The summed E-state index contributed by atoms with van der Waals surface area (Å²) in [6.07, 6.45) is 8.89. The molecule has 0 bridgehead atoms. The number of nitrogens with one attached hydrogen (secondary N) is 1. The number of hydrogen-bond acceptors (Lipinski definition) is 2. The standard InChI is InChI=1S/C17H23NO2/c1(3-12-19-16-9-2-4-13-20-16)6-14-7-5-8-15-10-11-18-17(14)15/h5,7-8,10-11,16,18H,1-4,6,9,12-13H2/t16-/m1/s1. The van der Waals surface area contributed by atoms with Crippen molar-refractivity contribution < 1.29 is 9.47 Å². The number of para-hydroxylation sites is 1. The molecule has 1 aromatic carbocycles. The molecule has 1 aromatic heterocycles. The molecule has 3 nitrogen and oxygen atoms in total. The Kier molecular flexibility index (Phi) is 4.72. The first kappa shape index (κ1) is 13.7. The molecule has 20 heavy (non-hydrogen) atoms. The molecule has 0 aliphatic carbocycles. The maximum atomic E-state index is 5.76. The van der Waals surface area contributed by atoms with Gasteiger partial charge in [0.2, 0.25) is 0 Å². The average Bonchev–Trinajstić information content (AvgIpc) is 2.97. The molecule has 1 atom stereocenters. The van der Waals surface area contributed by atoms with Crippen molar-refractivity contribution in [2.45, 2.75) is 44.8 Å². The number of ether oxygens (including phenoxy) is 2. The van der Waals surface area contributed by atoms with Gasteiger partial charge in [0.25, 0.3) is 0 Å². The molecule has 2 heterocycles. The van der Waals surface area contributed by atoms with Crippen molar-refractivity contribution >= 4 is 10.9 Å². The molecule has 0 amide bonds. The molecule has 0 radical (unpaired) electrons. The summed E-state index contributed by atoms with van der Waals surface area (Å²) in [5.41, 5.74) is 2.69. The fraction of sp³-hybridized carbons (Fsp3) is 0.529. The second kappa shape index (κ2) is 6.91. The van der Waals surface area contributed by atoms with Crippen molar-refractivity contribution in [3.63, 3.8) is 0 Å². The van der Waals surface area contributed by atoms with E-state index in [1.165, 1.54) is 29.3 Å².